The van der Waals surface area contributed by atoms with Gasteiger partial charge in [0.25, 0.3) is 0 Å². The van der Waals surface area contributed by atoms with Gasteiger partial charge < -0.3 is 15.4 Å². The molecule has 2 amide bonds. The van der Waals surface area contributed by atoms with Gasteiger partial charge in [-0.1, -0.05) is 24.3 Å². The first-order valence-corrected chi connectivity index (χ1v) is 9.89. The molecule has 0 fully saturated rings. The van der Waals surface area contributed by atoms with E-state index in [0.29, 0.717) is 18.0 Å². The summed E-state index contributed by atoms with van der Waals surface area (Å²) in [6.07, 6.45) is 1.96. The first-order valence-electron chi connectivity index (χ1n) is 8.66. The highest BCUT2D eigenvalue weighted by atomic mass is 32.2. The third-order valence-electron chi connectivity index (χ3n) is 3.67. The van der Waals surface area contributed by atoms with Crippen molar-refractivity contribution >= 4 is 35.0 Å². The van der Waals surface area contributed by atoms with E-state index in [0.717, 1.165) is 10.6 Å². The van der Waals surface area contributed by atoms with Crippen molar-refractivity contribution in [1.29, 1.82) is 0 Å². The molecule has 0 bridgehead atoms. The van der Waals surface area contributed by atoms with Crippen LogP contribution in [0.2, 0.25) is 0 Å². The highest BCUT2D eigenvalue weighted by Gasteiger charge is 2.13. The lowest BCUT2D eigenvalue weighted by molar-refractivity contribution is -0.119. The fourth-order valence-electron chi connectivity index (χ4n) is 2.52. The Morgan fingerprint density at radius 1 is 0.963 bits per heavy atom. The zero-order valence-corrected chi connectivity index (χ0v) is 16.6. The number of ether oxygens (including phenoxy) is 1. The van der Waals surface area contributed by atoms with Crippen molar-refractivity contribution in [2.24, 2.45) is 0 Å². The molecule has 0 heterocycles. The van der Waals surface area contributed by atoms with Gasteiger partial charge in [0.2, 0.25) is 11.8 Å². The van der Waals surface area contributed by atoms with Crippen LogP contribution in [-0.4, -0.2) is 49.7 Å². The predicted octanol–water partition coefficient (Wildman–Crippen LogP) is 3.32. The second-order valence-electron chi connectivity index (χ2n) is 5.90. The van der Waals surface area contributed by atoms with Crippen LogP contribution in [0.15, 0.2) is 53.4 Å². The molecule has 27 heavy (non-hydrogen) atoms. The first-order chi connectivity index (χ1) is 13.0. The van der Waals surface area contributed by atoms with E-state index in [1.54, 1.807) is 35.8 Å². The topological polar surface area (TPSA) is 70.7 Å². The lowest BCUT2D eigenvalue weighted by Gasteiger charge is -2.17. The Morgan fingerprint density at radius 2 is 1.52 bits per heavy atom. The van der Waals surface area contributed by atoms with Crippen LogP contribution in [0.4, 0.5) is 11.4 Å². The average Bonchev–Trinajstić information content (AvgIpc) is 2.63. The molecule has 2 rings (SSSR count). The molecule has 7 heteroatoms. The molecule has 2 aromatic rings. The number of thioether (sulfide) groups is 1. The Kier molecular flexibility index (Phi) is 8.16. The number of carbonyl (C=O) groups excluding carboxylic acids is 2. The van der Waals surface area contributed by atoms with E-state index in [1.807, 2.05) is 49.6 Å². The van der Waals surface area contributed by atoms with Crippen molar-refractivity contribution in [1.82, 2.24) is 4.90 Å². The molecule has 0 spiro atoms. The summed E-state index contributed by atoms with van der Waals surface area (Å²) in [6, 6.07) is 14.9. The molecule has 0 aromatic heterocycles. The van der Waals surface area contributed by atoms with E-state index in [9.17, 15) is 9.59 Å². The van der Waals surface area contributed by atoms with Gasteiger partial charge >= 0.3 is 0 Å². The first kappa shape index (κ1) is 20.8. The summed E-state index contributed by atoms with van der Waals surface area (Å²) in [7, 11) is 1.73. The molecule has 2 N–H and O–H groups in total. The molecule has 0 radical (unpaired) electrons. The summed E-state index contributed by atoms with van der Waals surface area (Å²) >= 11 is 1.57. The number of nitrogens with zero attached hydrogens (tertiary/aromatic N) is 1. The highest BCUT2D eigenvalue weighted by molar-refractivity contribution is 7.98. The van der Waals surface area contributed by atoms with Gasteiger partial charge in [0.1, 0.15) is 5.75 Å². The second kappa shape index (κ2) is 10.6. The Labute approximate surface area is 164 Å². The third kappa shape index (κ3) is 6.62. The number of likely N-dealkylation sites (N-methyl/N-ethyl adjacent to an activating group) is 1. The number of anilines is 2. The van der Waals surface area contributed by atoms with Gasteiger partial charge in [0.05, 0.1) is 31.1 Å². The molecule has 2 aromatic carbocycles. The normalized spacial score (nSPS) is 10.5. The van der Waals surface area contributed by atoms with Gasteiger partial charge in [-0.05, 0) is 44.5 Å². The monoisotopic (exact) mass is 387 g/mol. The number of hydrogen-bond acceptors (Lipinski definition) is 5. The summed E-state index contributed by atoms with van der Waals surface area (Å²) in [5, 5.41) is 5.71. The van der Waals surface area contributed by atoms with Crippen LogP contribution in [0.5, 0.6) is 5.75 Å². The Bertz CT molecular complexity index is 783. The zero-order chi connectivity index (χ0) is 19.6. The van der Waals surface area contributed by atoms with Gasteiger partial charge in [-0.25, -0.2) is 0 Å². The predicted molar refractivity (Wildman–Crippen MR) is 111 cm³/mol. The average molecular weight is 388 g/mol. The molecule has 144 valence electrons. The standard InChI is InChI=1S/C20H25N3O3S/c1-4-26-17-11-7-5-9-15(17)21-19(24)13-23(2)14-20(25)22-16-10-6-8-12-18(16)27-3/h5-12H,4,13-14H2,1-3H3,(H,21,24)(H,22,25). The van der Waals surface area contributed by atoms with Crippen molar-refractivity contribution in [3.05, 3.63) is 48.5 Å². The summed E-state index contributed by atoms with van der Waals surface area (Å²) in [4.78, 5) is 27.2. The minimum absolute atomic E-state index is 0.0953. The van der Waals surface area contributed by atoms with E-state index in [-0.39, 0.29) is 24.9 Å². The fourth-order valence-corrected chi connectivity index (χ4v) is 3.08. The molecule has 0 aliphatic heterocycles. The van der Waals surface area contributed by atoms with Crippen molar-refractivity contribution < 1.29 is 14.3 Å². The van der Waals surface area contributed by atoms with Gasteiger partial charge in [0, 0.05) is 4.90 Å². The molecule has 0 unspecified atom stereocenters. The maximum absolute atomic E-state index is 12.3. The van der Waals surface area contributed by atoms with E-state index < -0.39 is 0 Å². The van der Waals surface area contributed by atoms with E-state index in [1.165, 1.54) is 0 Å². The van der Waals surface area contributed by atoms with Crippen LogP contribution in [0.25, 0.3) is 0 Å². The van der Waals surface area contributed by atoms with Crippen molar-refractivity contribution in [2.75, 3.05) is 43.6 Å². The zero-order valence-electron chi connectivity index (χ0n) is 15.8. The van der Waals surface area contributed by atoms with E-state index >= 15 is 0 Å². The number of carbonyl (C=O) groups is 2. The fraction of sp³-hybridized carbons (Fsp3) is 0.300. The van der Waals surface area contributed by atoms with Crippen LogP contribution in [-0.2, 0) is 9.59 Å². The Balaban J connectivity index is 1.87. The van der Waals surface area contributed by atoms with Gasteiger partial charge in [-0.3, -0.25) is 14.5 Å². The van der Waals surface area contributed by atoms with Crippen molar-refractivity contribution in [2.45, 2.75) is 11.8 Å². The van der Waals surface area contributed by atoms with Crippen molar-refractivity contribution in [3.63, 3.8) is 0 Å². The third-order valence-corrected chi connectivity index (χ3v) is 4.46. The largest absolute Gasteiger partial charge is 0.492 e. The van der Waals surface area contributed by atoms with Crippen LogP contribution < -0.4 is 15.4 Å². The lowest BCUT2D eigenvalue weighted by Crippen LogP contribution is -2.36. The SMILES string of the molecule is CCOc1ccccc1NC(=O)CN(C)CC(=O)Nc1ccccc1SC. The molecule has 0 saturated heterocycles. The summed E-state index contributed by atoms with van der Waals surface area (Å²) < 4.78 is 5.50. The number of hydrogen-bond donors (Lipinski definition) is 2. The van der Waals surface area contributed by atoms with Gasteiger partial charge in [-0.15, -0.1) is 11.8 Å². The number of benzene rings is 2. The van der Waals surface area contributed by atoms with Crippen LogP contribution >= 0.6 is 11.8 Å². The molecule has 6 nitrogen and oxygen atoms in total. The van der Waals surface area contributed by atoms with Crippen LogP contribution in [0.1, 0.15) is 6.92 Å². The quantitative estimate of drug-likeness (QED) is 0.646. The highest BCUT2D eigenvalue weighted by Crippen LogP contribution is 2.25. The summed E-state index contributed by atoms with van der Waals surface area (Å²) in [6.45, 7) is 2.62. The Morgan fingerprint density at radius 3 is 2.15 bits per heavy atom. The molecular formula is C20H25N3O3S. The number of amides is 2. The number of nitrogens with one attached hydrogen (secondary N) is 2. The van der Waals surface area contributed by atoms with E-state index in [4.69, 9.17) is 4.74 Å². The minimum Gasteiger partial charge on any atom is -0.492 e. The van der Waals surface area contributed by atoms with Crippen LogP contribution in [0, 0.1) is 0 Å². The van der Waals surface area contributed by atoms with Crippen LogP contribution in [0.3, 0.4) is 0 Å². The maximum Gasteiger partial charge on any atom is 0.238 e. The lowest BCUT2D eigenvalue weighted by atomic mass is 10.3. The molecule has 0 aliphatic rings. The number of para-hydroxylation sites is 3. The molecule has 0 atom stereocenters. The Hall–Kier alpha value is -2.51. The maximum atomic E-state index is 12.3. The number of rotatable bonds is 9. The molecular weight excluding hydrogens is 362 g/mol. The van der Waals surface area contributed by atoms with Crippen molar-refractivity contribution in [3.8, 4) is 5.75 Å². The smallest absolute Gasteiger partial charge is 0.238 e. The summed E-state index contributed by atoms with van der Waals surface area (Å²) in [5.74, 6) is 0.255. The second-order valence-corrected chi connectivity index (χ2v) is 6.75. The minimum atomic E-state index is -0.207. The molecule has 0 saturated carbocycles. The molecule has 0 aliphatic carbocycles. The van der Waals surface area contributed by atoms with Gasteiger partial charge in [0.15, 0.2) is 0 Å². The summed E-state index contributed by atoms with van der Waals surface area (Å²) in [5.41, 5.74) is 1.40. The van der Waals surface area contributed by atoms with Gasteiger partial charge in [-0.2, -0.15) is 0 Å². The van der Waals surface area contributed by atoms with E-state index in [2.05, 4.69) is 10.6 Å².